The molecule has 2 nitrogen and oxygen atoms in total. The van der Waals surface area contributed by atoms with Crippen molar-refractivity contribution in [1.82, 2.24) is 9.13 Å². The van der Waals surface area contributed by atoms with Crippen molar-refractivity contribution in [2.45, 2.75) is 0 Å². The van der Waals surface area contributed by atoms with E-state index in [1.165, 1.54) is 86.6 Å². The van der Waals surface area contributed by atoms with E-state index in [1.807, 2.05) is 0 Å². The van der Waals surface area contributed by atoms with Crippen LogP contribution in [0.3, 0.4) is 0 Å². The van der Waals surface area contributed by atoms with Crippen molar-refractivity contribution in [2.24, 2.45) is 0 Å². The maximum absolute atomic E-state index is 2.75. The number of hydrogen-bond acceptors (Lipinski definition) is 0. The molecule has 12 rings (SSSR count). The van der Waals surface area contributed by atoms with Gasteiger partial charge in [0.1, 0.15) is 0 Å². The lowest BCUT2D eigenvalue weighted by Gasteiger charge is -2.34. The number of rotatable bonds is 8. The molecule has 0 atom stereocenters. The quantitative estimate of drug-likeness (QED) is 0.107. The van der Waals surface area contributed by atoms with Gasteiger partial charge >= 0.3 is 0 Å². The van der Waals surface area contributed by atoms with Gasteiger partial charge < -0.3 is 9.13 Å². The molecule has 296 valence electrons. The summed E-state index contributed by atoms with van der Waals surface area (Å²) in [6.07, 6.45) is 0. The van der Waals surface area contributed by atoms with Gasteiger partial charge in [-0.2, -0.15) is 0 Å². The molecular formula is C60H42N2Si. The largest absolute Gasteiger partial charge is 0.309 e. The summed E-state index contributed by atoms with van der Waals surface area (Å²) in [6, 6.07) is 94.3. The highest BCUT2D eigenvalue weighted by Crippen LogP contribution is 2.39. The van der Waals surface area contributed by atoms with E-state index < -0.39 is 8.07 Å². The van der Waals surface area contributed by atoms with Crippen molar-refractivity contribution < 1.29 is 0 Å². The van der Waals surface area contributed by atoms with Gasteiger partial charge in [-0.25, -0.2) is 0 Å². The van der Waals surface area contributed by atoms with Crippen molar-refractivity contribution >= 4 is 72.4 Å². The highest BCUT2D eigenvalue weighted by molar-refractivity contribution is 7.20. The Labute approximate surface area is 368 Å². The summed E-state index contributed by atoms with van der Waals surface area (Å²) < 4.78 is 4.95. The zero-order valence-corrected chi connectivity index (χ0v) is 35.6. The SMILES string of the molecule is c1ccc(-c2cccc(-n3c4cc(-c5ccccc5)ccc4c4ccc(-n5c6ccccc6c6cc([Si](c7ccccc7)(c7ccccc7)c7ccccc7)ccc65)cc43)c2)cc1. The average molecular weight is 819 g/mol. The predicted molar refractivity (Wildman–Crippen MR) is 270 cm³/mol. The monoisotopic (exact) mass is 818 g/mol. The van der Waals surface area contributed by atoms with E-state index in [2.05, 4.69) is 264 Å². The summed E-state index contributed by atoms with van der Waals surface area (Å²) >= 11 is 0. The first-order chi connectivity index (χ1) is 31.3. The van der Waals surface area contributed by atoms with Gasteiger partial charge in [0.2, 0.25) is 0 Å². The molecule has 10 aromatic carbocycles. The Hall–Kier alpha value is -7.98. The summed E-state index contributed by atoms with van der Waals surface area (Å²) in [6.45, 7) is 0. The van der Waals surface area contributed by atoms with Crippen LogP contribution < -0.4 is 20.7 Å². The van der Waals surface area contributed by atoms with Gasteiger partial charge in [0.05, 0.1) is 22.1 Å². The van der Waals surface area contributed by atoms with E-state index in [4.69, 9.17) is 0 Å². The zero-order chi connectivity index (χ0) is 41.7. The maximum atomic E-state index is 2.52. The third-order valence-electron chi connectivity index (χ3n) is 13.1. The lowest BCUT2D eigenvalue weighted by molar-refractivity contribution is 1.15. The Morgan fingerprint density at radius 3 is 1.29 bits per heavy atom. The number of fused-ring (bicyclic) bond motifs is 6. The molecule has 63 heavy (non-hydrogen) atoms. The summed E-state index contributed by atoms with van der Waals surface area (Å²) in [5.74, 6) is 0. The number of aromatic nitrogens is 2. The lowest BCUT2D eigenvalue weighted by Crippen LogP contribution is -2.74. The number of hydrogen-bond donors (Lipinski definition) is 0. The van der Waals surface area contributed by atoms with E-state index in [0.717, 1.165) is 11.4 Å². The standard InChI is InChI=1S/C60H42N2Si/c1-6-19-43(20-7-1)45-23-18-24-47(39-45)62-59-40-46(44-21-8-2-9-22-44)33-36-54(59)55-37-34-48(41-60(55)62)61-57-32-17-16-31-53(57)56-42-52(35-38-58(56)61)63(49-25-10-3-11-26-49,50-27-12-4-13-28-50)51-29-14-5-15-30-51/h1-42H. The topological polar surface area (TPSA) is 9.86 Å². The van der Waals surface area contributed by atoms with E-state index in [9.17, 15) is 0 Å². The molecule has 2 heterocycles. The first-order valence-electron chi connectivity index (χ1n) is 21.8. The molecule has 0 amide bonds. The summed E-state index contributed by atoms with van der Waals surface area (Å²) in [4.78, 5) is 0. The molecule has 0 aliphatic rings. The van der Waals surface area contributed by atoms with Crippen LogP contribution in [-0.4, -0.2) is 17.2 Å². The fourth-order valence-corrected chi connectivity index (χ4v) is 15.0. The summed E-state index contributed by atoms with van der Waals surface area (Å²) in [5.41, 5.74) is 11.8. The highest BCUT2D eigenvalue weighted by atomic mass is 28.3. The Bertz CT molecular complexity index is 3500. The van der Waals surface area contributed by atoms with Crippen LogP contribution in [0, 0.1) is 0 Å². The van der Waals surface area contributed by atoms with Crippen molar-refractivity contribution in [3.8, 4) is 33.6 Å². The van der Waals surface area contributed by atoms with Gasteiger partial charge in [-0.1, -0.05) is 212 Å². The molecule has 0 aliphatic heterocycles. The molecule has 0 spiro atoms. The minimum absolute atomic E-state index is 1.13. The second kappa shape index (κ2) is 15.2. The van der Waals surface area contributed by atoms with E-state index in [0.29, 0.717) is 0 Å². The molecular weight excluding hydrogens is 777 g/mol. The minimum atomic E-state index is -2.75. The molecule has 0 unspecified atom stereocenters. The molecule has 0 aliphatic carbocycles. The number of nitrogens with zero attached hydrogens (tertiary/aromatic N) is 2. The van der Waals surface area contributed by atoms with Crippen molar-refractivity contribution in [1.29, 1.82) is 0 Å². The molecule has 0 fully saturated rings. The number of para-hydroxylation sites is 1. The minimum Gasteiger partial charge on any atom is -0.309 e. The highest BCUT2D eigenvalue weighted by Gasteiger charge is 2.41. The molecule has 2 aromatic heterocycles. The van der Waals surface area contributed by atoms with Crippen molar-refractivity contribution in [3.05, 3.63) is 255 Å². The molecule has 0 N–H and O–H groups in total. The summed E-state index contributed by atoms with van der Waals surface area (Å²) in [5, 5.41) is 10.4. The normalized spacial score (nSPS) is 11.8. The Morgan fingerprint density at radius 2 is 0.667 bits per heavy atom. The van der Waals surface area contributed by atoms with Gasteiger partial charge in [0, 0.05) is 32.9 Å². The van der Waals surface area contributed by atoms with Crippen LogP contribution in [0.2, 0.25) is 0 Å². The van der Waals surface area contributed by atoms with E-state index >= 15 is 0 Å². The third kappa shape index (κ3) is 6.00. The number of benzene rings is 10. The second-order valence-corrected chi connectivity index (χ2v) is 20.3. The van der Waals surface area contributed by atoms with Gasteiger partial charge in [-0.05, 0) is 85.5 Å². The third-order valence-corrected chi connectivity index (χ3v) is 17.8. The molecule has 0 saturated carbocycles. The van der Waals surface area contributed by atoms with Gasteiger partial charge in [-0.15, -0.1) is 0 Å². The van der Waals surface area contributed by atoms with Crippen LogP contribution in [0.5, 0.6) is 0 Å². The van der Waals surface area contributed by atoms with Gasteiger partial charge in [-0.3, -0.25) is 0 Å². The smallest absolute Gasteiger partial charge is 0.179 e. The van der Waals surface area contributed by atoms with Crippen LogP contribution in [-0.2, 0) is 0 Å². The first kappa shape index (κ1) is 36.8. The van der Waals surface area contributed by atoms with Crippen molar-refractivity contribution in [3.63, 3.8) is 0 Å². The zero-order valence-electron chi connectivity index (χ0n) is 34.6. The molecule has 12 aromatic rings. The average Bonchev–Trinajstić information content (AvgIpc) is 3.87. The van der Waals surface area contributed by atoms with Gasteiger partial charge in [0.15, 0.2) is 8.07 Å². The molecule has 0 radical (unpaired) electrons. The molecule has 0 saturated heterocycles. The molecule has 3 heteroatoms. The van der Waals surface area contributed by atoms with Crippen LogP contribution in [0.15, 0.2) is 255 Å². The van der Waals surface area contributed by atoms with Crippen LogP contribution >= 0.6 is 0 Å². The second-order valence-electron chi connectivity index (χ2n) is 16.5. The van der Waals surface area contributed by atoms with Crippen molar-refractivity contribution in [2.75, 3.05) is 0 Å². The Balaban J connectivity index is 1.11. The van der Waals surface area contributed by atoms with Crippen LogP contribution in [0.1, 0.15) is 0 Å². The summed E-state index contributed by atoms with van der Waals surface area (Å²) in [7, 11) is -2.75. The van der Waals surface area contributed by atoms with Crippen LogP contribution in [0.4, 0.5) is 0 Å². The van der Waals surface area contributed by atoms with Gasteiger partial charge in [0.25, 0.3) is 0 Å². The Morgan fingerprint density at radius 1 is 0.222 bits per heavy atom. The fraction of sp³-hybridized carbons (Fsp3) is 0. The first-order valence-corrected chi connectivity index (χ1v) is 23.8. The Kier molecular flexibility index (Phi) is 8.87. The van der Waals surface area contributed by atoms with E-state index in [-0.39, 0.29) is 0 Å². The predicted octanol–water partition coefficient (Wildman–Crippen LogP) is 12.6. The lowest BCUT2D eigenvalue weighted by atomic mass is 10.0. The van der Waals surface area contributed by atoms with Crippen LogP contribution in [0.25, 0.3) is 77.2 Å². The molecule has 0 bridgehead atoms. The fourth-order valence-electron chi connectivity index (χ4n) is 10.2. The van der Waals surface area contributed by atoms with E-state index in [1.54, 1.807) is 0 Å². The maximum Gasteiger partial charge on any atom is 0.179 e.